The zero-order valence-corrected chi connectivity index (χ0v) is 15.2. The lowest BCUT2D eigenvalue weighted by Crippen LogP contribution is -2.35. The SMILES string of the molecule is Cc1c2ccncc2cc2c3cc(C(=O)NC[C@@H](C)N)ccc3n(C)c12. The number of hydrogen-bond donors (Lipinski definition) is 2. The molecule has 5 nitrogen and oxygen atoms in total. The van der Waals surface area contributed by atoms with Crippen LogP contribution in [-0.2, 0) is 7.05 Å². The van der Waals surface area contributed by atoms with Crippen LogP contribution in [0.3, 0.4) is 0 Å². The third kappa shape index (κ3) is 2.52. The molecule has 0 spiro atoms. The van der Waals surface area contributed by atoms with Crippen molar-refractivity contribution < 1.29 is 4.79 Å². The van der Waals surface area contributed by atoms with Crippen molar-refractivity contribution >= 4 is 38.5 Å². The Hall–Kier alpha value is -2.92. The number of amides is 1. The van der Waals surface area contributed by atoms with E-state index in [2.05, 4.69) is 41.0 Å². The molecule has 0 aliphatic heterocycles. The second-order valence-corrected chi connectivity index (χ2v) is 6.97. The summed E-state index contributed by atoms with van der Waals surface area (Å²) in [5, 5.41) is 7.40. The second kappa shape index (κ2) is 6.11. The summed E-state index contributed by atoms with van der Waals surface area (Å²) in [4.78, 5) is 16.7. The average Bonchev–Trinajstić information content (AvgIpc) is 2.92. The van der Waals surface area contributed by atoms with E-state index in [0.717, 1.165) is 21.7 Å². The lowest BCUT2D eigenvalue weighted by molar-refractivity contribution is 0.0952. The monoisotopic (exact) mass is 346 g/mol. The Kier molecular flexibility index (Phi) is 3.89. The first-order chi connectivity index (χ1) is 12.5. The minimum Gasteiger partial charge on any atom is -0.350 e. The van der Waals surface area contributed by atoms with Crippen LogP contribution < -0.4 is 11.1 Å². The van der Waals surface area contributed by atoms with E-state index in [-0.39, 0.29) is 11.9 Å². The van der Waals surface area contributed by atoms with Gasteiger partial charge in [0.25, 0.3) is 5.91 Å². The van der Waals surface area contributed by atoms with Crippen LogP contribution in [0.4, 0.5) is 0 Å². The predicted molar refractivity (Wildman–Crippen MR) is 106 cm³/mol. The number of benzene rings is 2. The number of aryl methyl sites for hydroxylation is 2. The number of nitrogens with zero attached hydrogens (tertiary/aromatic N) is 2. The van der Waals surface area contributed by atoms with Crippen LogP contribution in [0.5, 0.6) is 0 Å². The van der Waals surface area contributed by atoms with Crippen LogP contribution >= 0.6 is 0 Å². The fraction of sp³-hybridized carbons (Fsp3) is 0.238. The molecule has 0 aliphatic rings. The fourth-order valence-corrected chi connectivity index (χ4v) is 3.72. The van der Waals surface area contributed by atoms with Gasteiger partial charge in [-0.25, -0.2) is 0 Å². The Morgan fingerprint density at radius 2 is 2.04 bits per heavy atom. The van der Waals surface area contributed by atoms with E-state index in [1.54, 1.807) is 0 Å². The van der Waals surface area contributed by atoms with E-state index in [9.17, 15) is 4.79 Å². The zero-order chi connectivity index (χ0) is 18.4. The van der Waals surface area contributed by atoms with Gasteiger partial charge in [0.05, 0.1) is 5.52 Å². The number of hydrogen-bond acceptors (Lipinski definition) is 3. The highest BCUT2D eigenvalue weighted by molar-refractivity contribution is 6.15. The van der Waals surface area contributed by atoms with Gasteiger partial charge in [-0.15, -0.1) is 0 Å². The van der Waals surface area contributed by atoms with Gasteiger partial charge in [0.2, 0.25) is 0 Å². The molecule has 1 amide bonds. The van der Waals surface area contributed by atoms with Crippen LogP contribution in [0.2, 0.25) is 0 Å². The van der Waals surface area contributed by atoms with E-state index in [1.165, 1.54) is 16.5 Å². The first kappa shape index (κ1) is 16.5. The van der Waals surface area contributed by atoms with Gasteiger partial charge in [-0.1, -0.05) is 0 Å². The number of pyridine rings is 1. The van der Waals surface area contributed by atoms with Crippen LogP contribution in [0.1, 0.15) is 22.8 Å². The van der Waals surface area contributed by atoms with Gasteiger partial charge in [-0.3, -0.25) is 9.78 Å². The van der Waals surface area contributed by atoms with Gasteiger partial charge in [0.15, 0.2) is 0 Å². The molecule has 2 aromatic heterocycles. The van der Waals surface area contributed by atoms with E-state index in [0.29, 0.717) is 12.1 Å². The number of rotatable bonds is 3. The highest BCUT2D eigenvalue weighted by atomic mass is 16.1. The van der Waals surface area contributed by atoms with Crippen LogP contribution in [-0.4, -0.2) is 28.0 Å². The first-order valence-electron chi connectivity index (χ1n) is 8.76. The molecule has 0 saturated carbocycles. The molecular weight excluding hydrogens is 324 g/mol. The number of nitrogens with two attached hydrogens (primary N) is 1. The molecule has 132 valence electrons. The summed E-state index contributed by atoms with van der Waals surface area (Å²) in [6.07, 6.45) is 3.71. The summed E-state index contributed by atoms with van der Waals surface area (Å²) < 4.78 is 2.20. The Morgan fingerprint density at radius 1 is 1.23 bits per heavy atom. The molecule has 1 atom stereocenters. The lowest BCUT2D eigenvalue weighted by atomic mass is 10.0. The molecule has 0 saturated heterocycles. The number of carbonyl (C=O) groups is 1. The summed E-state index contributed by atoms with van der Waals surface area (Å²) in [5.41, 5.74) is 9.90. The van der Waals surface area contributed by atoms with Crippen molar-refractivity contribution in [2.24, 2.45) is 12.8 Å². The highest BCUT2D eigenvalue weighted by Crippen LogP contribution is 2.35. The molecule has 0 bridgehead atoms. The molecule has 0 fully saturated rings. The van der Waals surface area contributed by atoms with Crippen LogP contribution in [0, 0.1) is 6.92 Å². The Morgan fingerprint density at radius 3 is 2.81 bits per heavy atom. The van der Waals surface area contributed by atoms with E-state index in [4.69, 9.17) is 5.73 Å². The fourth-order valence-electron chi connectivity index (χ4n) is 3.72. The standard InChI is InChI=1S/C21H22N4O/c1-12(22)10-24-21(26)14-4-5-19-17(8-14)18-9-15-11-23-7-6-16(15)13(2)20(18)25(19)3/h4-9,11-12H,10,22H2,1-3H3,(H,24,26)/t12-/m1/s1. The van der Waals surface area contributed by atoms with Crippen LogP contribution in [0.15, 0.2) is 42.7 Å². The quantitative estimate of drug-likeness (QED) is 0.598. The molecule has 5 heteroatoms. The van der Waals surface area contributed by atoms with Crippen molar-refractivity contribution in [2.45, 2.75) is 19.9 Å². The molecule has 2 heterocycles. The van der Waals surface area contributed by atoms with E-state index < -0.39 is 0 Å². The maximum absolute atomic E-state index is 12.4. The van der Waals surface area contributed by atoms with Crippen molar-refractivity contribution in [3.05, 3.63) is 53.9 Å². The summed E-state index contributed by atoms with van der Waals surface area (Å²) in [6.45, 7) is 4.47. The minimum atomic E-state index is -0.0969. The average molecular weight is 346 g/mol. The predicted octanol–water partition coefficient (Wildman–Crippen LogP) is 3.27. The zero-order valence-electron chi connectivity index (χ0n) is 15.2. The molecule has 4 rings (SSSR count). The van der Waals surface area contributed by atoms with Gasteiger partial charge in [0.1, 0.15) is 0 Å². The highest BCUT2D eigenvalue weighted by Gasteiger charge is 2.15. The topological polar surface area (TPSA) is 72.9 Å². The largest absolute Gasteiger partial charge is 0.350 e. The van der Waals surface area contributed by atoms with Crippen molar-refractivity contribution in [3.63, 3.8) is 0 Å². The summed E-state index contributed by atoms with van der Waals surface area (Å²) in [6, 6.07) is 10.00. The molecular formula is C21H22N4O. The van der Waals surface area contributed by atoms with Crippen molar-refractivity contribution in [1.82, 2.24) is 14.9 Å². The van der Waals surface area contributed by atoms with Gasteiger partial charge in [0, 0.05) is 59.3 Å². The molecule has 2 aromatic carbocycles. The van der Waals surface area contributed by atoms with Crippen molar-refractivity contribution in [2.75, 3.05) is 6.54 Å². The van der Waals surface area contributed by atoms with Crippen molar-refractivity contribution in [3.8, 4) is 0 Å². The van der Waals surface area contributed by atoms with Gasteiger partial charge in [-0.05, 0) is 55.1 Å². The first-order valence-corrected chi connectivity index (χ1v) is 8.76. The van der Waals surface area contributed by atoms with E-state index in [1.807, 2.05) is 37.5 Å². The normalized spacial score (nSPS) is 12.8. The minimum absolute atomic E-state index is 0.0678. The van der Waals surface area contributed by atoms with Gasteiger partial charge >= 0.3 is 0 Å². The third-order valence-corrected chi connectivity index (χ3v) is 5.00. The summed E-state index contributed by atoms with van der Waals surface area (Å²) in [7, 11) is 2.07. The summed E-state index contributed by atoms with van der Waals surface area (Å²) >= 11 is 0. The maximum Gasteiger partial charge on any atom is 0.251 e. The second-order valence-electron chi connectivity index (χ2n) is 6.97. The molecule has 3 N–H and O–H groups in total. The molecule has 0 unspecified atom stereocenters. The maximum atomic E-state index is 12.4. The van der Waals surface area contributed by atoms with E-state index >= 15 is 0 Å². The smallest absolute Gasteiger partial charge is 0.251 e. The molecule has 26 heavy (non-hydrogen) atoms. The summed E-state index contributed by atoms with van der Waals surface area (Å²) in [5.74, 6) is -0.0969. The van der Waals surface area contributed by atoms with Gasteiger partial charge in [-0.2, -0.15) is 0 Å². The van der Waals surface area contributed by atoms with Gasteiger partial charge < -0.3 is 15.6 Å². The number of aromatic nitrogens is 2. The van der Waals surface area contributed by atoms with Crippen LogP contribution in [0.25, 0.3) is 32.6 Å². The molecule has 0 radical (unpaired) electrons. The Labute approximate surface area is 151 Å². The Bertz CT molecular complexity index is 1160. The Balaban J connectivity index is 1.95. The molecule has 0 aliphatic carbocycles. The molecule has 4 aromatic rings. The van der Waals surface area contributed by atoms with Crippen molar-refractivity contribution in [1.29, 1.82) is 0 Å². The lowest BCUT2D eigenvalue weighted by Gasteiger charge is -2.08. The number of fused-ring (bicyclic) bond motifs is 4. The number of carbonyl (C=O) groups excluding carboxylic acids is 1. The number of nitrogens with one attached hydrogen (secondary N) is 1. The third-order valence-electron chi connectivity index (χ3n) is 5.00.